The van der Waals surface area contributed by atoms with Crippen molar-refractivity contribution in [3.05, 3.63) is 58.7 Å². The number of aromatic carboxylic acids is 2. The second-order valence-electron chi connectivity index (χ2n) is 5.08. The number of hydrogen-bond acceptors (Lipinski definition) is 6. The van der Waals surface area contributed by atoms with Crippen LogP contribution in [0, 0.1) is 0 Å². The highest BCUT2D eigenvalue weighted by Crippen LogP contribution is 2.29. The van der Waals surface area contributed by atoms with Gasteiger partial charge in [0.25, 0.3) is 0 Å². The number of rotatable bonds is 5. The fourth-order valence-corrected chi connectivity index (χ4v) is 2.48. The van der Waals surface area contributed by atoms with E-state index < -0.39 is 23.9 Å². The predicted molar refractivity (Wildman–Crippen MR) is 88.5 cm³/mol. The molecule has 0 saturated carbocycles. The normalized spacial score (nSPS) is 10.1. The van der Waals surface area contributed by atoms with Crippen molar-refractivity contribution in [1.29, 1.82) is 0 Å². The van der Waals surface area contributed by atoms with Gasteiger partial charge in [-0.25, -0.2) is 19.2 Å². The summed E-state index contributed by atoms with van der Waals surface area (Å²) in [5.41, 5.74) is -0.655. The van der Waals surface area contributed by atoms with Gasteiger partial charge in [-0.15, -0.1) is 0 Å². The fourth-order valence-electron chi connectivity index (χ4n) is 2.48. The Morgan fingerprint density at radius 2 is 1.38 bits per heavy atom. The number of benzene rings is 2. The van der Waals surface area contributed by atoms with Gasteiger partial charge in [0.05, 0.1) is 36.5 Å². The molecule has 0 aromatic heterocycles. The van der Waals surface area contributed by atoms with Crippen molar-refractivity contribution in [2.45, 2.75) is 0 Å². The van der Waals surface area contributed by atoms with Crippen LogP contribution in [-0.2, 0) is 9.47 Å². The maximum atomic E-state index is 11.9. The lowest BCUT2D eigenvalue weighted by Gasteiger charge is -2.12. The van der Waals surface area contributed by atoms with Crippen molar-refractivity contribution in [3.63, 3.8) is 0 Å². The first kappa shape index (κ1) is 18.7. The average Bonchev–Trinajstić information content (AvgIpc) is 2.65. The van der Waals surface area contributed by atoms with Crippen molar-refractivity contribution in [3.8, 4) is 11.1 Å². The van der Waals surface area contributed by atoms with Gasteiger partial charge in [-0.2, -0.15) is 0 Å². The minimum absolute atomic E-state index is 0.127. The zero-order valence-electron chi connectivity index (χ0n) is 13.8. The van der Waals surface area contributed by atoms with Gasteiger partial charge in [-0.05, 0) is 29.3 Å². The molecule has 0 aliphatic carbocycles. The summed E-state index contributed by atoms with van der Waals surface area (Å²) in [7, 11) is 2.22. The van der Waals surface area contributed by atoms with E-state index in [1.165, 1.54) is 36.4 Å². The highest BCUT2D eigenvalue weighted by atomic mass is 16.5. The highest BCUT2D eigenvalue weighted by molar-refractivity contribution is 6.08. The molecule has 2 aromatic rings. The number of carbonyl (C=O) groups excluding carboxylic acids is 2. The van der Waals surface area contributed by atoms with Gasteiger partial charge in [0.15, 0.2) is 0 Å². The van der Waals surface area contributed by atoms with Crippen LogP contribution in [0.2, 0.25) is 0 Å². The Morgan fingerprint density at radius 1 is 0.769 bits per heavy atom. The molecular formula is C18H14O8. The smallest absolute Gasteiger partial charge is 0.338 e. The molecule has 0 spiro atoms. The molecule has 2 aromatic carbocycles. The molecule has 8 nitrogen and oxygen atoms in total. The monoisotopic (exact) mass is 358 g/mol. The largest absolute Gasteiger partial charge is 0.478 e. The van der Waals surface area contributed by atoms with Crippen LogP contribution in [0.4, 0.5) is 0 Å². The van der Waals surface area contributed by atoms with E-state index in [2.05, 4.69) is 9.47 Å². The SMILES string of the molecule is COC(=O)c1cc(-c2cccc(C(=O)OC)c2C(=O)O)ccc1C(=O)O. The summed E-state index contributed by atoms with van der Waals surface area (Å²) in [5, 5.41) is 18.7. The van der Waals surface area contributed by atoms with Gasteiger partial charge < -0.3 is 19.7 Å². The third-order valence-corrected chi connectivity index (χ3v) is 3.65. The van der Waals surface area contributed by atoms with Gasteiger partial charge in [0.1, 0.15) is 0 Å². The molecule has 0 aliphatic rings. The molecule has 0 aliphatic heterocycles. The lowest BCUT2D eigenvalue weighted by Crippen LogP contribution is -2.13. The van der Waals surface area contributed by atoms with Crippen molar-refractivity contribution in [1.82, 2.24) is 0 Å². The molecule has 134 valence electrons. The minimum atomic E-state index is -1.37. The number of esters is 2. The average molecular weight is 358 g/mol. The Kier molecular flexibility index (Phi) is 5.36. The standard InChI is InChI=1S/C18H14O8/c1-25-17(23)12-5-3-4-10(14(12)16(21)22)9-6-7-11(15(19)20)13(8-9)18(24)26-2/h3-8H,1-2H3,(H,19,20)(H,21,22). The fraction of sp³-hybridized carbons (Fsp3) is 0.111. The second kappa shape index (κ2) is 7.47. The zero-order chi connectivity index (χ0) is 19.4. The summed E-state index contributed by atoms with van der Waals surface area (Å²) in [6.07, 6.45) is 0. The maximum absolute atomic E-state index is 11.9. The second-order valence-corrected chi connectivity index (χ2v) is 5.08. The maximum Gasteiger partial charge on any atom is 0.338 e. The molecule has 0 bridgehead atoms. The van der Waals surface area contributed by atoms with E-state index in [9.17, 15) is 29.4 Å². The van der Waals surface area contributed by atoms with Gasteiger partial charge in [0.2, 0.25) is 0 Å². The van der Waals surface area contributed by atoms with Crippen LogP contribution in [0.1, 0.15) is 41.4 Å². The molecule has 0 atom stereocenters. The molecule has 2 N–H and O–H groups in total. The Balaban J connectivity index is 2.76. The molecule has 8 heteroatoms. The first-order chi connectivity index (χ1) is 12.3. The van der Waals surface area contributed by atoms with E-state index in [0.717, 1.165) is 14.2 Å². The molecule has 0 amide bonds. The predicted octanol–water partition coefficient (Wildman–Crippen LogP) is 2.32. The number of hydrogen-bond donors (Lipinski definition) is 2. The van der Waals surface area contributed by atoms with Crippen LogP contribution in [0.5, 0.6) is 0 Å². The molecule has 0 unspecified atom stereocenters. The number of carboxylic acids is 2. The number of carbonyl (C=O) groups is 4. The first-order valence-corrected chi connectivity index (χ1v) is 7.22. The lowest BCUT2D eigenvalue weighted by molar-refractivity contribution is 0.0579. The van der Waals surface area contributed by atoms with E-state index >= 15 is 0 Å². The number of methoxy groups -OCH3 is 2. The van der Waals surface area contributed by atoms with Crippen LogP contribution >= 0.6 is 0 Å². The van der Waals surface area contributed by atoms with E-state index in [1.807, 2.05) is 0 Å². The molecular weight excluding hydrogens is 344 g/mol. The third kappa shape index (κ3) is 3.39. The lowest BCUT2D eigenvalue weighted by atomic mass is 9.93. The summed E-state index contributed by atoms with van der Waals surface area (Å²) in [5.74, 6) is -4.42. The van der Waals surface area contributed by atoms with Crippen LogP contribution in [0.25, 0.3) is 11.1 Å². The van der Waals surface area contributed by atoms with E-state index in [1.54, 1.807) is 0 Å². The quantitative estimate of drug-likeness (QED) is 0.780. The first-order valence-electron chi connectivity index (χ1n) is 7.22. The molecule has 0 saturated heterocycles. The van der Waals surface area contributed by atoms with Crippen LogP contribution < -0.4 is 0 Å². The topological polar surface area (TPSA) is 127 Å². The Bertz CT molecular complexity index is 913. The summed E-state index contributed by atoms with van der Waals surface area (Å²) >= 11 is 0. The van der Waals surface area contributed by atoms with Gasteiger partial charge >= 0.3 is 23.9 Å². The zero-order valence-corrected chi connectivity index (χ0v) is 13.8. The van der Waals surface area contributed by atoms with E-state index in [0.29, 0.717) is 0 Å². The minimum Gasteiger partial charge on any atom is -0.478 e. The van der Waals surface area contributed by atoms with E-state index in [4.69, 9.17) is 0 Å². The van der Waals surface area contributed by atoms with Crippen molar-refractivity contribution >= 4 is 23.9 Å². The highest BCUT2D eigenvalue weighted by Gasteiger charge is 2.24. The van der Waals surface area contributed by atoms with E-state index in [-0.39, 0.29) is 33.4 Å². The molecule has 0 heterocycles. The summed E-state index contributed by atoms with van der Waals surface area (Å²) < 4.78 is 9.18. The number of carboxylic acid groups (broad SMARTS) is 2. The van der Waals surface area contributed by atoms with Crippen LogP contribution in [0.15, 0.2) is 36.4 Å². The van der Waals surface area contributed by atoms with Crippen LogP contribution in [0.3, 0.4) is 0 Å². The molecule has 0 fully saturated rings. The van der Waals surface area contributed by atoms with Gasteiger partial charge in [0, 0.05) is 0 Å². The Morgan fingerprint density at radius 3 is 1.92 bits per heavy atom. The molecule has 2 rings (SSSR count). The van der Waals surface area contributed by atoms with Gasteiger partial charge in [-0.3, -0.25) is 0 Å². The summed E-state index contributed by atoms with van der Waals surface area (Å²) in [4.78, 5) is 46.7. The molecule has 26 heavy (non-hydrogen) atoms. The summed E-state index contributed by atoms with van der Waals surface area (Å²) in [6.45, 7) is 0. The van der Waals surface area contributed by atoms with Crippen molar-refractivity contribution in [2.75, 3.05) is 14.2 Å². The third-order valence-electron chi connectivity index (χ3n) is 3.65. The Hall–Kier alpha value is -3.68. The van der Waals surface area contributed by atoms with Crippen molar-refractivity contribution < 1.29 is 38.9 Å². The van der Waals surface area contributed by atoms with Crippen LogP contribution in [-0.4, -0.2) is 48.3 Å². The summed E-state index contributed by atoms with van der Waals surface area (Å²) in [6, 6.07) is 7.91. The van der Waals surface area contributed by atoms with Gasteiger partial charge in [-0.1, -0.05) is 18.2 Å². The molecule has 0 radical (unpaired) electrons. The number of ether oxygens (including phenoxy) is 2. The van der Waals surface area contributed by atoms with Crippen molar-refractivity contribution in [2.24, 2.45) is 0 Å². The Labute approximate surface area is 147 Å².